The lowest BCUT2D eigenvalue weighted by molar-refractivity contribution is -0.119. The fourth-order valence-electron chi connectivity index (χ4n) is 2.02. The molecule has 0 aliphatic heterocycles. The molecule has 0 spiro atoms. The van der Waals surface area contributed by atoms with Gasteiger partial charge in [-0.15, -0.1) is 0 Å². The van der Waals surface area contributed by atoms with Crippen LogP contribution < -0.4 is 0 Å². The van der Waals surface area contributed by atoms with E-state index in [1.807, 2.05) is 18.2 Å². The first kappa shape index (κ1) is 11.4. The average Bonchev–Trinajstić information content (AvgIpc) is 2.14. The number of carbonyl (C=O) groups is 1. The van der Waals surface area contributed by atoms with Gasteiger partial charge in [0.15, 0.2) is 5.78 Å². The van der Waals surface area contributed by atoms with Crippen molar-refractivity contribution in [2.24, 2.45) is 0 Å². The van der Waals surface area contributed by atoms with Crippen molar-refractivity contribution in [1.82, 2.24) is 0 Å². The summed E-state index contributed by atoms with van der Waals surface area (Å²) in [5.74, 6) is -0.0359. The summed E-state index contributed by atoms with van der Waals surface area (Å²) in [5, 5.41) is 10.6. The monoisotopic (exact) mass is 236 g/mol. The summed E-state index contributed by atoms with van der Waals surface area (Å²) in [6, 6.07) is 7.33. The first-order valence-corrected chi connectivity index (χ1v) is 5.56. The lowest BCUT2D eigenvalue weighted by Crippen LogP contribution is -2.30. The maximum atomic E-state index is 11.5. The Balaban J connectivity index is 2.38. The highest BCUT2D eigenvalue weighted by atomic mass is 35.5. The van der Waals surface area contributed by atoms with Crippen LogP contribution in [-0.4, -0.2) is 16.5 Å². The molecule has 1 aliphatic rings. The number of rotatable bonds is 1. The molecule has 0 bridgehead atoms. The Morgan fingerprint density at radius 2 is 2.12 bits per heavy atom. The van der Waals surface area contributed by atoms with Crippen LogP contribution in [0.5, 0.6) is 0 Å². The molecule has 3 heteroatoms. The molecule has 0 saturated carbocycles. The Bertz CT molecular complexity index is 461. The zero-order chi connectivity index (χ0) is 11.8. The molecule has 0 heterocycles. The number of aliphatic hydroxyl groups is 1. The number of halogens is 1. The number of benzene rings is 1. The summed E-state index contributed by atoms with van der Waals surface area (Å²) >= 11 is 5.90. The zero-order valence-corrected chi connectivity index (χ0v) is 9.79. The van der Waals surface area contributed by atoms with Gasteiger partial charge in [0, 0.05) is 17.9 Å². The third kappa shape index (κ3) is 2.52. The SMILES string of the molecule is CC1(O)CC(=O)C=C(c2cccc(Cl)c2)C1. The second-order valence-electron chi connectivity index (χ2n) is 4.50. The van der Waals surface area contributed by atoms with Crippen LogP contribution in [0.2, 0.25) is 5.02 Å². The molecule has 84 valence electrons. The highest BCUT2D eigenvalue weighted by Gasteiger charge is 2.29. The van der Waals surface area contributed by atoms with Crippen molar-refractivity contribution in [1.29, 1.82) is 0 Å². The molecule has 1 aromatic carbocycles. The van der Waals surface area contributed by atoms with Gasteiger partial charge in [-0.2, -0.15) is 0 Å². The van der Waals surface area contributed by atoms with E-state index in [-0.39, 0.29) is 12.2 Å². The van der Waals surface area contributed by atoms with Crippen LogP contribution in [0.1, 0.15) is 25.3 Å². The van der Waals surface area contributed by atoms with Crippen LogP contribution in [0.4, 0.5) is 0 Å². The Morgan fingerprint density at radius 1 is 1.38 bits per heavy atom. The third-order valence-electron chi connectivity index (χ3n) is 2.66. The van der Waals surface area contributed by atoms with Gasteiger partial charge < -0.3 is 5.11 Å². The fourth-order valence-corrected chi connectivity index (χ4v) is 2.21. The van der Waals surface area contributed by atoms with Gasteiger partial charge in [0.1, 0.15) is 0 Å². The van der Waals surface area contributed by atoms with Gasteiger partial charge in [0.25, 0.3) is 0 Å². The van der Waals surface area contributed by atoms with Gasteiger partial charge in [0.05, 0.1) is 5.60 Å². The molecule has 0 amide bonds. The second-order valence-corrected chi connectivity index (χ2v) is 4.93. The van der Waals surface area contributed by atoms with Gasteiger partial charge in [-0.05, 0) is 36.3 Å². The van der Waals surface area contributed by atoms with Crippen molar-refractivity contribution < 1.29 is 9.90 Å². The summed E-state index contributed by atoms with van der Waals surface area (Å²) in [4.78, 5) is 11.5. The van der Waals surface area contributed by atoms with E-state index >= 15 is 0 Å². The van der Waals surface area contributed by atoms with E-state index in [4.69, 9.17) is 11.6 Å². The molecule has 1 aliphatic carbocycles. The molecule has 16 heavy (non-hydrogen) atoms. The van der Waals surface area contributed by atoms with Crippen molar-refractivity contribution in [3.8, 4) is 0 Å². The third-order valence-corrected chi connectivity index (χ3v) is 2.89. The van der Waals surface area contributed by atoms with E-state index in [1.54, 1.807) is 19.1 Å². The molecule has 0 aromatic heterocycles. The van der Waals surface area contributed by atoms with Crippen LogP contribution in [-0.2, 0) is 4.79 Å². The lowest BCUT2D eigenvalue weighted by atomic mass is 9.83. The molecule has 0 radical (unpaired) electrons. The number of carbonyl (C=O) groups excluding carboxylic acids is 1. The number of hydrogen-bond donors (Lipinski definition) is 1. The smallest absolute Gasteiger partial charge is 0.158 e. The molecular weight excluding hydrogens is 224 g/mol. The predicted octanol–water partition coefficient (Wildman–Crippen LogP) is 2.84. The molecule has 2 nitrogen and oxygen atoms in total. The first-order chi connectivity index (χ1) is 7.46. The van der Waals surface area contributed by atoms with Gasteiger partial charge in [-0.3, -0.25) is 4.79 Å². The molecule has 1 aromatic rings. The van der Waals surface area contributed by atoms with Crippen LogP contribution in [0.15, 0.2) is 30.3 Å². The maximum Gasteiger partial charge on any atom is 0.158 e. The van der Waals surface area contributed by atoms with E-state index in [9.17, 15) is 9.90 Å². The Kier molecular flexibility index (Phi) is 2.87. The highest BCUT2D eigenvalue weighted by Crippen LogP contribution is 2.32. The molecule has 1 N–H and O–H groups in total. The van der Waals surface area contributed by atoms with Crippen molar-refractivity contribution in [2.45, 2.75) is 25.4 Å². The van der Waals surface area contributed by atoms with Crippen molar-refractivity contribution in [3.63, 3.8) is 0 Å². The van der Waals surface area contributed by atoms with E-state index in [2.05, 4.69) is 0 Å². The van der Waals surface area contributed by atoms with Gasteiger partial charge in [-0.25, -0.2) is 0 Å². The van der Waals surface area contributed by atoms with E-state index in [0.717, 1.165) is 11.1 Å². The Labute approximate surface area is 99.5 Å². The Hall–Kier alpha value is -1.12. The quantitative estimate of drug-likeness (QED) is 0.814. The zero-order valence-electron chi connectivity index (χ0n) is 9.03. The van der Waals surface area contributed by atoms with Crippen LogP contribution >= 0.6 is 11.6 Å². The van der Waals surface area contributed by atoms with Crippen LogP contribution in [0.25, 0.3) is 5.57 Å². The normalized spacial score (nSPS) is 25.4. The summed E-state index contributed by atoms with van der Waals surface area (Å²) < 4.78 is 0. The Morgan fingerprint density at radius 3 is 2.75 bits per heavy atom. The van der Waals surface area contributed by atoms with E-state index in [1.165, 1.54) is 0 Å². The number of allylic oxidation sites excluding steroid dienone is 1. The van der Waals surface area contributed by atoms with Crippen molar-refractivity contribution in [2.75, 3.05) is 0 Å². The highest BCUT2D eigenvalue weighted by molar-refractivity contribution is 6.30. The van der Waals surface area contributed by atoms with Gasteiger partial charge in [-0.1, -0.05) is 23.7 Å². The first-order valence-electron chi connectivity index (χ1n) is 5.18. The largest absolute Gasteiger partial charge is 0.389 e. The van der Waals surface area contributed by atoms with Crippen molar-refractivity contribution in [3.05, 3.63) is 40.9 Å². The molecule has 1 atom stereocenters. The molecule has 0 saturated heterocycles. The van der Waals surface area contributed by atoms with Gasteiger partial charge in [0.2, 0.25) is 0 Å². The minimum atomic E-state index is -0.941. The second kappa shape index (κ2) is 4.04. The fraction of sp³-hybridized carbons (Fsp3) is 0.308. The van der Waals surface area contributed by atoms with Crippen molar-refractivity contribution >= 4 is 23.0 Å². The summed E-state index contributed by atoms with van der Waals surface area (Å²) in [6.45, 7) is 1.68. The predicted molar refractivity (Wildman–Crippen MR) is 64.3 cm³/mol. The maximum absolute atomic E-state index is 11.5. The number of hydrogen-bond acceptors (Lipinski definition) is 2. The summed E-state index contributed by atoms with van der Waals surface area (Å²) in [7, 11) is 0. The average molecular weight is 237 g/mol. The summed E-state index contributed by atoms with van der Waals surface area (Å²) in [5.41, 5.74) is 0.813. The van der Waals surface area contributed by atoms with Crippen LogP contribution in [0, 0.1) is 0 Å². The summed E-state index contributed by atoms with van der Waals surface area (Å²) in [6.07, 6.45) is 2.28. The lowest BCUT2D eigenvalue weighted by Gasteiger charge is -2.27. The minimum Gasteiger partial charge on any atom is -0.389 e. The number of ketones is 1. The van der Waals surface area contributed by atoms with Gasteiger partial charge >= 0.3 is 0 Å². The molecule has 1 unspecified atom stereocenters. The standard InChI is InChI=1S/C13H13ClO2/c1-13(16)7-10(6-12(15)8-13)9-3-2-4-11(14)5-9/h2-6,16H,7-8H2,1H3. The van der Waals surface area contributed by atoms with Crippen LogP contribution in [0.3, 0.4) is 0 Å². The molecule has 0 fully saturated rings. The minimum absolute atomic E-state index is 0.0359. The molecular formula is C13H13ClO2. The van der Waals surface area contributed by atoms with E-state index in [0.29, 0.717) is 11.4 Å². The topological polar surface area (TPSA) is 37.3 Å². The molecule has 2 rings (SSSR count). The van der Waals surface area contributed by atoms with E-state index < -0.39 is 5.60 Å².